The number of aromatic nitrogens is 2. The second-order valence-electron chi connectivity index (χ2n) is 8.45. The standard InChI is InChI=1S/C28H29N3O3/c1-2-14-32-25-11-8-21(9-12-25)17-31(18-22-10-13-26-27(15-22)34-20-33-26)19-24-16-29-28(30-24)23-6-4-3-5-7-23/h3-13,15-16H,2,14,17-20H2,1H3,(H,29,30). The molecule has 3 aromatic carbocycles. The summed E-state index contributed by atoms with van der Waals surface area (Å²) in [7, 11) is 0. The summed E-state index contributed by atoms with van der Waals surface area (Å²) in [5.41, 5.74) is 4.56. The fourth-order valence-electron chi connectivity index (χ4n) is 4.06. The Bertz CT molecular complexity index is 1210. The molecule has 0 atom stereocenters. The Kier molecular flexibility index (Phi) is 6.77. The molecule has 6 heteroatoms. The van der Waals surface area contributed by atoms with Crippen molar-refractivity contribution in [1.82, 2.24) is 14.9 Å². The lowest BCUT2D eigenvalue weighted by molar-refractivity contribution is 0.174. The third-order valence-corrected chi connectivity index (χ3v) is 5.72. The van der Waals surface area contributed by atoms with Crippen molar-refractivity contribution in [2.24, 2.45) is 0 Å². The lowest BCUT2D eigenvalue weighted by Gasteiger charge is -2.22. The van der Waals surface area contributed by atoms with E-state index in [0.717, 1.165) is 67.0 Å². The molecule has 0 aliphatic carbocycles. The van der Waals surface area contributed by atoms with E-state index < -0.39 is 0 Å². The van der Waals surface area contributed by atoms with Gasteiger partial charge in [0.05, 0.1) is 6.61 Å². The first-order valence-electron chi connectivity index (χ1n) is 11.7. The normalized spacial score (nSPS) is 12.3. The van der Waals surface area contributed by atoms with Gasteiger partial charge in [-0.15, -0.1) is 0 Å². The molecule has 4 aromatic rings. The maximum Gasteiger partial charge on any atom is 0.231 e. The van der Waals surface area contributed by atoms with Crippen molar-refractivity contribution in [3.05, 3.63) is 95.8 Å². The lowest BCUT2D eigenvalue weighted by atomic mass is 10.1. The summed E-state index contributed by atoms with van der Waals surface area (Å²) in [6, 6.07) is 24.7. The number of imidazole rings is 1. The predicted octanol–water partition coefficient (Wildman–Crippen LogP) is 5.80. The van der Waals surface area contributed by atoms with Crippen LogP contribution in [0.15, 0.2) is 79.0 Å². The molecule has 0 bridgehead atoms. The van der Waals surface area contributed by atoms with E-state index in [1.807, 2.05) is 42.6 Å². The van der Waals surface area contributed by atoms with Crippen LogP contribution in [0.1, 0.15) is 30.2 Å². The van der Waals surface area contributed by atoms with Gasteiger partial charge in [-0.2, -0.15) is 0 Å². The van der Waals surface area contributed by atoms with Gasteiger partial charge in [-0.3, -0.25) is 4.90 Å². The highest BCUT2D eigenvalue weighted by Crippen LogP contribution is 2.33. The van der Waals surface area contributed by atoms with Crippen molar-refractivity contribution in [2.45, 2.75) is 33.0 Å². The van der Waals surface area contributed by atoms with E-state index >= 15 is 0 Å². The maximum atomic E-state index is 5.74. The van der Waals surface area contributed by atoms with Gasteiger partial charge < -0.3 is 19.2 Å². The van der Waals surface area contributed by atoms with Gasteiger partial charge in [-0.25, -0.2) is 4.98 Å². The van der Waals surface area contributed by atoms with Crippen molar-refractivity contribution in [1.29, 1.82) is 0 Å². The number of ether oxygens (including phenoxy) is 3. The van der Waals surface area contributed by atoms with Gasteiger partial charge in [0.25, 0.3) is 0 Å². The minimum atomic E-state index is 0.283. The first-order valence-corrected chi connectivity index (χ1v) is 11.7. The van der Waals surface area contributed by atoms with Crippen molar-refractivity contribution in [2.75, 3.05) is 13.4 Å². The van der Waals surface area contributed by atoms with E-state index in [9.17, 15) is 0 Å². The van der Waals surface area contributed by atoms with Crippen LogP contribution in [0.3, 0.4) is 0 Å². The molecule has 174 valence electrons. The monoisotopic (exact) mass is 455 g/mol. The Labute approximate surface area is 200 Å². The van der Waals surface area contributed by atoms with Crippen LogP contribution in [0.2, 0.25) is 0 Å². The van der Waals surface area contributed by atoms with Crippen molar-refractivity contribution >= 4 is 0 Å². The van der Waals surface area contributed by atoms with E-state index in [0.29, 0.717) is 0 Å². The topological polar surface area (TPSA) is 59.6 Å². The number of aromatic amines is 1. The number of H-pyrrole nitrogens is 1. The third-order valence-electron chi connectivity index (χ3n) is 5.72. The zero-order valence-corrected chi connectivity index (χ0v) is 19.4. The highest BCUT2D eigenvalue weighted by molar-refractivity contribution is 5.54. The zero-order valence-electron chi connectivity index (χ0n) is 19.4. The van der Waals surface area contributed by atoms with Gasteiger partial charge in [0.1, 0.15) is 11.6 Å². The van der Waals surface area contributed by atoms with Crippen molar-refractivity contribution in [3.63, 3.8) is 0 Å². The van der Waals surface area contributed by atoms with Gasteiger partial charge in [-0.1, -0.05) is 55.5 Å². The molecule has 1 aromatic heterocycles. The van der Waals surface area contributed by atoms with Gasteiger partial charge >= 0.3 is 0 Å². The molecule has 5 rings (SSSR count). The average molecular weight is 456 g/mol. The van der Waals surface area contributed by atoms with Crippen LogP contribution < -0.4 is 14.2 Å². The Morgan fingerprint density at radius 3 is 2.47 bits per heavy atom. The van der Waals surface area contributed by atoms with Crippen LogP contribution >= 0.6 is 0 Å². The van der Waals surface area contributed by atoms with E-state index in [1.165, 1.54) is 11.1 Å². The van der Waals surface area contributed by atoms with E-state index in [4.69, 9.17) is 14.2 Å². The molecule has 0 spiro atoms. The van der Waals surface area contributed by atoms with Crippen LogP contribution in [0.5, 0.6) is 17.2 Å². The van der Waals surface area contributed by atoms with Crippen LogP contribution in [0, 0.1) is 0 Å². The molecule has 0 fully saturated rings. The number of nitrogens with one attached hydrogen (secondary N) is 1. The summed E-state index contributed by atoms with van der Waals surface area (Å²) >= 11 is 0. The highest BCUT2D eigenvalue weighted by atomic mass is 16.7. The predicted molar refractivity (Wildman–Crippen MR) is 132 cm³/mol. The average Bonchev–Trinajstić information content (AvgIpc) is 3.53. The first kappa shape index (κ1) is 22.0. The molecule has 0 amide bonds. The van der Waals surface area contributed by atoms with Crippen LogP contribution in [-0.4, -0.2) is 28.3 Å². The van der Waals surface area contributed by atoms with E-state index in [1.54, 1.807) is 0 Å². The Hall–Kier alpha value is -3.77. The molecule has 0 saturated carbocycles. The fourth-order valence-corrected chi connectivity index (χ4v) is 4.06. The number of hydrogen-bond donors (Lipinski definition) is 1. The van der Waals surface area contributed by atoms with Gasteiger partial charge in [-0.05, 0) is 41.8 Å². The minimum Gasteiger partial charge on any atom is -0.494 e. The summed E-state index contributed by atoms with van der Waals surface area (Å²) in [6.07, 6.45) is 2.93. The summed E-state index contributed by atoms with van der Waals surface area (Å²) < 4.78 is 16.8. The molecule has 1 aliphatic heterocycles. The smallest absolute Gasteiger partial charge is 0.231 e. The molecule has 1 aliphatic rings. The van der Waals surface area contributed by atoms with Gasteiger partial charge in [0.15, 0.2) is 11.5 Å². The highest BCUT2D eigenvalue weighted by Gasteiger charge is 2.16. The minimum absolute atomic E-state index is 0.283. The summed E-state index contributed by atoms with van der Waals surface area (Å²) in [5, 5.41) is 0. The molecule has 1 N–H and O–H groups in total. The number of benzene rings is 3. The molecule has 0 radical (unpaired) electrons. The maximum absolute atomic E-state index is 5.74. The Balaban J connectivity index is 1.34. The molecule has 34 heavy (non-hydrogen) atoms. The molecule has 0 unspecified atom stereocenters. The van der Waals surface area contributed by atoms with Gasteiger partial charge in [0.2, 0.25) is 6.79 Å². The van der Waals surface area contributed by atoms with Crippen LogP contribution in [0.25, 0.3) is 11.4 Å². The van der Waals surface area contributed by atoms with Crippen molar-refractivity contribution in [3.8, 4) is 28.6 Å². The van der Waals surface area contributed by atoms with Gasteiger partial charge in [0, 0.05) is 37.1 Å². The second kappa shape index (κ2) is 10.4. The largest absolute Gasteiger partial charge is 0.494 e. The van der Waals surface area contributed by atoms with E-state index in [2.05, 4.69) is 58.2 Å². The molecular formula is C28H29N3O3. The first-order chi connectivity index (χ1) is 16.8. The molecule has 6 nitrogen and oxygen atoms in total. The zero-order chi connectivity index (χ0) is 23.2. The summed E-state index contributed by atoms with van der Waals surface area (Å²) in [4.78, 5) is 10.5. The number of nitrogens with zero attached hydrogens (tertiary/aromatic N) is 2. The van der Waals surface area contributed by atoms with Crippen molar-refractivity contribution < 1.29 is 14.2 Å². The van der Waals surface area contributed by atoms with Crippen LogP contribution in [-0.2, 0) is 19.6 Å². The number of rotatable bonds is 10. The number of fused-ring (bicyclic) bond motifs is 1. The molecule has 0 saturated heterocycles. The summed E-state index contributed by atoms with van der Waals surface area (Å²) in [6.45, 7) is 5.43. The Morgan fingerprint density at radius 2 is 1.65 bits per heavy atom. The number of hydrogen-bond acceptors (Lipinski definition) is 5. The lowest BCUT2D eigenvalue weighted by Crippen LogP contribution is -2.22. The third kappa shape index (κ3) is 5.41. The SMILES string of the molecule is CCCOc1ccc(CN(Cc2ccc3c(c2)OCO3)Cc2cnc(-c3ccccc3)[nH]2)cc1. The van der Waals surface area contributed by atoms with Crippen LogP contribution in [0.4, 0.5) is 0 Å². The fraction of sp³-hybridized carbons (Fsp3) is 0.250. The summed E-state index contributed by atoms with van der Waals surface area (Å²) in [5.74, 6) is 3.41. The molecule has 2 heterocycles. The quantitative estimate of drug-likeness (QED) is 0.328. The van der Waals surface area contributed by atoms with E-state index in [-0.39, 0.29) is 6.79 Å². The Morgan fingerprint density at radius 1 is 0.882 bits per heavy atom. The second-order valence-corrected chi connectivity index (χ2v) is 8.45. The molecular weight excluding hydrogens is 426 g/mol.